The van der Waals surface area contributed by atoms with E-state index in [4.69, 9.17) is 0 Å². The molecule has 0 spiro atoms. The smallest absolute Gasteiger partial charge is 0.246 e. The Morgan fingerprint density at radius 3 is 2.65 bits per heavy atom. The minimum Gasteiger partial charge on any atom is -0.356 e. The molecule has 0 saturated carbocycles. The minimum atomic E-state index is -0.124. The number of benzene rings is 1. The first-order valence-electron chi connectivity index (χ1n) is 9.05. The number of hydrogen-bond acceptors (Lipinski definition) is 5. The molecular weight excluding hydrogens is 328 g/mol. The van der Waals surface area contributed by atoms with Crippen LogP contribution >= 0.6 is 0 Å². The van der Waals surface area contributed by atoms with Gasteiger partial charge in [-0.05, 0) is 37.0 Å². The van der Waals surface area contributed by atoms with Crippen LogP contribution in [0, 0.1) is 0 Å². The Balaban J connectivity index is 1.51. The monoisotopic (exact) mass is 350 g/mol. The third-order valence-electron chi connectivity index (χ3n) is 4.76. The van der Waals surface area contributed by atoms with Crippen LogP contribution in [0.15, 0.2) is 36.8 Å². The van der Waals surface area contributed by atoms with Gasteiger partial charge in [-0.2, -0.15) is 5.10 Å². The quantitative estimate of drug-likeness (QED) is 0.765. The molecule has 0 unspecified atom stereocenters. The first-order chi connectivity index (χ1) is 12.7. The second-order valence-electron chi connectivity index (χ2n) is 6.53. The predicted octanol–water partition coefficient (Wildman–Crippen LogP) is 2.63. The van der Waals surface area contributed by atoms with E-state index >= 15 is 0 Å². The molecule has 7 heteroatoms. The van der Waals surface area contributed by atoms with Gasteiger partial charge in [0.15, 0.2) is 5.65 Å². The summed E-state index contributed by atoms with van der Waals surface area (Å²) in [5.74, 6) is 0.787. The molecule has 1 N–H and O–H groups in total. The zero-order chi connectivity index (χ0) is 17.9. The maximum Gasteiger partial charge on any atom is 0.246 e. The zero-order valence-corrected chi connectivity index (χ0v) is 14.9. The van der Waals surface area contributed by atoms with E-state index in [1.165, 1.54) is 18.4 Å². The Labute approximate surface area is 152 Å². The van der Waals surface area contributed by atoms with Gasteiger partial charge < -0.3 is 10.2 Å². The Bertz CT molecular complexity index is 911. The molecular formula is C19H22N6O. The Hall–Kier alpha value is -2.96. The molecule has 0 radical (unpaired) electrons. The van der Waals surface area contributed by atoms with E-state index in [2.05, 4.69) is 32.2 Å². The highest BCUT2D eigenvalue weighted by molar-refractivity contribution is 5.92. The molecule has 1 aliphatic rings. The van der Waals surface area contributed by atoms with Crippen molar-refractivity contribution in [2.75, 3.05) is 23.3 Å². The van der Waals surface area contributed by atoms with Gasteiger partial charge in [-0.15, -0.1) is 0 Å². The molecule has 26 heavy (non-hydrogen) atoms. The van der Waals surface area contributed by atoms with Crippen molar-refractivity contribution in [3.63, 3.8) is 0 Å². The molecule has 3 aromatic rings. The van der Waals surface area contributed by atoms with Crippen LogP contribution in [-0.2, 0) is 17.8 Å². The van der Waals surface area contributed by atoms with E-state index in [1.54, 1.807) is 17.2 Å². The first-order valence-corrected chi connectivity index (χ1v) is 9.05. The molecule has 1 saturated heterocycles. The number of carbonyl (C=O) groups is 1. The summed E-state index contributed by atoms with van der Waals surface area (Å²) in [6.07, 6.45) is 6.64. The number of amides is 1. The molecule has 1 aromatic carbocycles. The summed E-state index contributed by atoms with van der Waals surface area (Å²) in [4.78, 5) is 23.4. The van der Waals surface area contributed by atoms with Crippen LogP contribution in [0.25, 0.3) is 11.0 Å². The summed E-state index contributed by atoms with van der Waals surface area (Å²) in [6, 6.07) is 7.89. The van der Waals surface area contributed by atoms with E-state index in [1.807, 2.05) is 24.3 Å². The van der Waals surface area contributed by atoms with Crippen molar-refractivity contribution < 1.29 is 4.79 Å². The summed E-state index contributed by atoms with van der Waals surface area (Å²) in [6.45, 7) is 4.24. The van der Waals surface area contributed by atoms with Crippen molar-refractivity contribution in [1.82, 2.24) is 19.7 Å². The molecule has 134 valence electrons. The number of nitrogens with one attached hydrogen (secondary N) is 1. The van der Waals surface area contributed by atoms with Gasteiger partial charge >= 0.3 is 0 Å². The average Bonchev–Trinajstić information content (AvgIpc) is 3.33. The highest BCUT2D eigenvalue weighted by Crippen LogP contribution is 2.25. The molecule has 3 heterocycles. The molecule has 1 amide bonds. The van der Waals surface area contributed by atoms with E-state index in [-0.39, 0.29) is 12.5 Å². The lowest BCUT2D eigenvalue weighted by Crippen LogP contribution is -2.20. The summed E-state index contributed by atoms with van der Waals surface area (Å²) < 4.78 is 1.63. The molecule has 0 bridgehead atoms. The summed E-state index contributed by atoms with van der Waals surface area (Å²) in [5, 5.41) is 8.17. The first kappa shape index (κ1) is 16.5. The van der Waals surface area contributed by atoms with Crippen molar-refractivity contribution in [3.05, 3.63) is 42.4 Å². The van der Waals surface area contributed by atoms with Gasteiger partial charge in [0.2, 0.25) is 5.91 Å². The van der Waals surface area contributed by atoms with E-state index < -0.39 is 0 Å². The second kappa shape index (κ2) is 7.11. The average molecular weight is 350 g/mol. The molecule has 4 rings (SSSR count). The van der Waals surface area contributed by atoms with Crippen LogP contribution in [0.5, 0.6) is 0 Å². The van der Waals surface area contributed by atoms with Gasteiger partial charge in [-0.3, -0.25) is 4.79 Å². The number of carbonyl (C=O) groups excluding carboxylic acids is 1. The largest absolute Gasteiger partial charge is 0.356 e. The van der Waals surface area contributed by atoms with Crippen LogP contribution in [-0.4, -0.2) is 38.7 Å². The van der Waals surface area contributed by atoms with Crippen molar-refractivity contribution in [2.24, 2.45) is 0 Å². The van der Waals surface area contributed by atoms with Gasteiger partial charge in [-0.25, -0.2) is 14.6 Å². The third kappa shape index (κ3) is 3.24. The fraction of sp³-hybridized carbons (Fsp3) is 0.368. The number of rotatable bonds is 5. The minimum absolute atomic E-state index is 0.121. The van der Waals surface area contributed by atoms with Crippen LogP contribution in [0.2, 0.25) is 0 Å². The number of aryl methyl sites for hydroxylation is 1. The van der Waals surface area contributed by atoms with Gasteiger partial charge in [0.1, 0.15) is 18.7 Å². The van der Waals surface area contributed by atoms with Crippen LogP contribution in [0.3, 0.4) is 0 Å². The Kier molecular flexibility index (Phi) is 4.51. The summed E-state index contributed by atoms with van der Waals surface area (Å²) in [5.41, 5.74) is 2.72. The Morgan fingerprint density at radius 2 is 1.92 bits per heavy atom. The number of anilines is 2. The maximum absolute atomic E-state index is 12.4. The number of fused-ring (bicyclic) bond motifs is 1. The summed E-state index contributed by atoms with van der Waals surface area (Å²) in [7, 11) is 0. The second-order valence-corrected chi connectivity index (χ2v) is 6.53. The van der Waals surface area contributed by atoms with Gasteiger partial charge in [0, 0.05) is 18.8 Å². The molecule has 1 aliphatic heterocycles. The third-order valence-corrected chi connectivity index (χ3v) is 4.76. The SMILES string of the molecule is CCc1ccc(NC(=O)Cn2ncc3c(N4CCCC4)ncnc32)cc1. The highest BCUT2D eigenvalue weighted by Gasteiger charge is 2.19. The fourth-order valence-electron chi connectivity index (χ4n) is 3.34. The summed E-state index contributed by atoms with van der Waals surface area (Å²) >= 11 is 0. The van der Waals surface area contributed by atoms with Crippen molar-refractivity contribution in [2.45, 2.75) is 32.7 Å². The maximum atomic E-state index is 12.4. The normalized spacial score (nSPS) is 14.1. The van der Waals surface area contributed by atoms with Gasteiger partial charge in [-0.1, -0.05) is 19.1 Å². The number of aromatic nitrogens is 4. The van der Waals surface area contributed by atoms with E-state index in [0.29, 0.717) is 5.65 Å². The van der Waals surface area contributed by atoms with Crippen molar-refractivity contribution in [1.29, 1.82) is 0 Å². The van der Waals surface area contributed by atoms with E-state index in [9.17, 15) is 4.79 Å². The zero-order valence-electron chi connectivity index (χ0n) is 14.9. The lowest BCUT2D eigenvalue weighted by atomic mass is 10.1. The van der Waals surface area contributed by atoms with Crippen molar-refractivity contribution >= 4 is 28.4 Å². The molecule has 0 atom stereocenters. The lowest BCUT2D eigenvalue weighted by Gasteiger charge is -2.16. The standard InChI is InChI=1S/C19H22N6O/c1-2-14-5-7-15(8-6-14)23-17(26)12-25-19-16(11-22-25)18(20-13-21-19)24-9-3-4-10-24/h5-8,11,13H,2-4,9-10,12H2,1H3,(H,23,26). The molecule has 1 fully saturated rings. The van der Waals surface area contributed by atoms with Crippen molar-refractivity contribution in [3.8, 4) is 0 Å². The van der Waals surface area contributed by atoms with Crippen LogP contribution in [0.4, 0.5) is 11.5 Å². The number of nitrogens with zero attached hydrogens (tertiary/aromatic N) is 5. The van der Waals surface area contributed by atoms with E-state index in [0.717, 1.165) is 36.4 Å². The van der Waals surface area contributed by atoms with Crippen LogP contribution in [0.1, 0.15) is 25.3 Å². The highest BCUT2D eigenvalue weighted by atomic mass is 16.2. The van der Waals surface area contributed by atoms with Gasteiger partial charge in [0.25, 0.3) is 0 Å². The molecule has 0 aliphatic carbocycles. The Morgan fingerprint density at radius 1 is 1.15 bits per heavy atom. The van der Waals surface area contributed by atoms with Crippen LogP contribution < -0.4 is 10.2 Å². The molecule has 7 nitrogen and oxygen atoms in total. The number of hydrogen-bond donors (Lipinski definition) is 1. The predicted molar refractivity (Wildman–Crippen MR) is 101 cm³/mol. The molecule has 2 aromatic heterocycles. The lowest BCUT2D eigenvalue weighted by molar-refractivity contribution is -0.116. The fourth-order valence-corrected chi connectivity index (χ4v) is 3.34. The topological polar surface area (TPSA) is 75.9 Å². The van der Waals surface area contributed by atoms with Gasteiger partial charge in [0.05, 0.1) is 11.6 Å².